The van der Waals surface area contributed by atoms with Gasteiger partial charge in [-0.1, -0.05) is 13.0 Å². The van der Waals surface area contributed by atoms with Crippen LogP contribution in [0.25, 0.3) is 0 Å². The Balaban J connectivity index is 2.94. The molecule has 0 aliphatic carbocycles. The van der Waals surface area contributed by atoms with E-state index >= 15 is 0 Å². The first-order chi connectivity index (χ1) is 9.05. The van der Waals surface area contributed by atoms with Crippen molar-refractivity contribution in [1.82, 2.24) is 0 Å². The van der Waals surface area contributed by atoms with Gasteiger partial charge in [0.15, 0.2) is 9.84 Å². The fourth-order valence-electron chi connectivity index (χ4n) is 1.85. The molecule has 1 rings (SSSR count). The fourth-order valence-corrected chi connectivity index (χ4v) is 3.18. The van der Waals surface area contributed by atoms with Crippen molar-refractivity contribution in [2.45, 2.75) is 18.2 Å². The molecule has 0 spiro atoms. The minimum atomic E-state index is -3.17. The van der Waals surface area contributed by atoms with E-state index < -0.39 is 9.84 Å². The van der Waals surface area contributed by atoms with Crippen molar-refractivity contribution in [1.29, 1.82) is 0 Å². The third-order valence-electron chi connectivity index (χ3n) is 2.75. The smallest absolute Gasteiger partial charge is 0.178 e. The fraction of sp³-hybridized carbons (Fsp3) is 0.429. The van der Waals surface area contributed by atoms with Gasteiger partial charge in [-0.15, -0.1) is 6.58 Å². The molecule has 0 aromatic heterocycles. The zero-order valence-corrected chi connectivity index (χ0v) is 12.1. The average molecular weight is 283 g/mol. The number of hydrogen-bond donors (Lipinski definition) is 1. The maximum absolute atomic E-state index is 11.9. The van der Waals surface area contributed by atoms with Crippen LogP contribution < -0.4 is 4.90 Å². The topological polar surface area (TPSA) is 57.6 Å². The van der Waals surface area contributed by atoms with Crippen molar-refractivity contribution in [3.8, 4) is 0 Å². The highest BCUT2D eigenvalue weighted by atomic mass is 32.2. The molecule has 19 heavy (non-hydrogen) atoms. The Morgan fingerprint density at radius 3 is 2.42 bits per heavy atom. The monoisotopic (exact) mass is 283 g/mol. The molecule has 0 bridgehead atoms. The first kappa shape index (κ1) is 15.7. The van der Waals surface area contributed by atoms with Crippen LogP contribution in [0.1, 0.15) is 13.3 Å². The summed E-state index contributed by atoms with van der Waals surface area (Å²) in [4.78, 5) is 2.28. The van der Waals surface area contributed by atoms with Crippen LogP contribution in [0.15, 0.2) is 41.8 Å². The van der Waals surface area contributed by atoms with Gasteiger partial charge < -0.3 is 10.0 Å². The summed E-state index contributed by atoms with van der Waals surface area (Å²) < 4.78 is 23.8. The predicted molar refractivity (Wildman–Crippen MR) is 78.3 cm³/mol. The number of benzene rings is 1. The van der Waals surface area contributed by atoms with E-state index in [-0.39, 0.29) is 12.4 Å². The third-order valence-corrected chi connectivity index (χ3v) is 4.69. The van der Waals surface area contributed by atoms with Gasteiger partial charge in [-0.3, -0.25) is 0 Å². The highest BCUT2D eigenvalue weighted by molar-refractivity contribution is 7.91. The number of nitrogens with zero attached hydrogens (tertiary/aromatic N) is 1. The molecule has 1 aromatic carbocycles. The van der Waals surface area contributed by atoms with Gasteiger partial charge in [0.2, 0.25) is 0 Å². The Labute approximate surface area is 115 Å². The summed E-state index contributed by atoms with van der Waals surface area (Å²) in [6.45, 7) is 6.67. The van der Waals surface area contributed by atoms with Gasteiger partial charge in [0.25, 0.3) is 0 Å². The first-order valence-electron chi connectivity index (χ1n) is 6.34. The first-order valence-corrected chi connectivity index (χ1v) is 8.00. The summed E-state index contributed by atoms with van der Waals surface area (Å²) in [6.07, 6.45) is 2.36. The van der Waals surface area contributed by atoms with Crippen molar-refractivity contribution in [3.63, 3.8) is 0 Å². The van der Waals surface area contributed by atoms with Crippen LogP contribution in [0.2, 0.25) is 0 Å². The lowest BCUT2D eigenvalue weighted by molar-refractivity contribution is 0.303. The molecule has 0 heterocycles. The van der Waals surface area contributed by atoms with E-state index in [9.17, 15) is 8.42 Å². The summed E-state index contributed by atoms with van der Waals surface area (Å²) in [7, 11) is -3.17. The van der Waals surface area contributed by atoms with E-state index in [0.29, 0.717) is 24.4 Å². The third kappa shape index (κ3) is 4.36. The van der Waals surface area contributed by atoms with E-state index in [1.54, 1.807) is 30.3 Å². The normalized spacial score (nSPS) is 11.3. The van der Waals surface area contributed by atoms with Crippen LogP contribution in [-0.2, 0) is 9.84 Å². The molecule has 1 N–H and O–H groups in total. The lowest BCUT2D eigenvalue weighted by atomic mass is 10.3. The Morgan fingerprint density at radius 2 is 1.95 bits per heavy atom. The molecule has 106 valence electrons. The van der Waals surface area contributed by atoms with E-state index in [4.69, 9.17) is 5.11 Å². The summed E-state index contributed by atoms with van der Waals surface area (Å²) in [5.74, 6) is 0.166. The van der Waals surface area contributed by atoms with E-state index in [2.05, 4.69) is 6.58 Å². The second kappa shape index (κ2) is 7.31. The average Bonchev–Trinajstić information content (AvgIpc) is 2.39. The molecular weight excluding hydrogens is 262 g/mol. The van der Waals surface area contributed by atoms with Crippen LogP contribution in [0, 0.1) is 0 Å². The van der Waals surface area contributed by atoms with Gasteiger partial charge in [0.05, 0.1) is 17.3 Å². The Kier molecular flexibility index (Phi) is 6.05. The quantitative estimate of drug-likeness (QED) is 0.740. The molecule has 1 aromatic rings. The van der Waals surface area contributed by atoms with Crippen molar-refractivity contribution in [3.05, 3.63) is 36.9 Å². The molecule has 0 aliphatic rings. The zero-order valence-electron chi connectivity index (χ0n) is 11.2. The van der Waals surface area contributed by atoms with Gasteiger partial charge in [-0.2, -0.15) is 0 Å². The van der Waals surface area contributed by atoms with Crippen molar-refractivity contribution < 1.29 is 13.5 Å². The highest BCUT2D eigenvalue weighted by Gasteiger charge is 2.13. The van der Waals surface area contributed by atoms with Crippen molar-refractivity contribution >= 4 is 15.5 Å². The summed E-state index contributed by atoms with van der Waals surface area (Å²) in [5, 5.41) is 9.01. The number of rotatable bonds is 8. The number of aliphatic hydroxyl groups is 1. The Morgan fingerprint density at radius 1 is 1.32 bits per heavy atom. The lowest BCUT2D eigenvalue weighted by Crippen LogP contribution is -2.26. The van der Waals surface area contributed by atoms with Crippen LogP contribution in [0.4, 0.5) is 5.69 Å². The van der Waals surface area contributed by atoms with Gasteiger partial charge in [0, 0.05) is 18.8 Å². The predicted octanol–water partition coefficient (Wildman–Crippen LogP) is 1.85. The molecule has 0 aliphatic heterocycles. The van der Waals surface area contributed by atoms with Crippen LogP contribution in [-0.4, -0.2) is 39.0 Å². The SMILES string of the molecule is C=CCN(CCO)c1ccc(S(=O)(=O)CCC)cc1. The number of anilines is 1. The van der Waals surface area contributed by atoms with E-state index in [0.717, 1.165) is 5.69 Å². The number of sulfone groups is 1. The Bertz CT molecular complexity index is 494. The van der Waals surface area contributed by atoms with Gasteiger partial charge in [-0.25, -0.2) is 8.42 Å². The molecule has 0 fully saturated rings. The van der Waals surface area contributed by atoms with Gasteiger partial charge in [0.1, 0.15) is 0 Å². The molecule has 0 unspecified atom stereocenters. The van der Waals surface area contributed by atoms with Crippen molar-refractivity contribution in [2.24, 2.45) is 0 Å². The minimum absolute atomic E-state index is 0.0454. The second-order valence-electron chi connectivity index (χ2n) is 4.27. The maximum atomic E-state index is 11.9. The molecule has 0 radical (unpaired) electrons. The molecule has 0 saturated carbocycles. The molecule has 5 heteroatoms. The van der Waals surface area contributed by atoms with Crippen LogP contribution in [0.3, 0.4) is 0 Å². The summed E-state index contributed by atoms with van der Waals surface area (Å²) in [6, 6.07) is 6.77. The van der Waals surface area contributed by atoms with E-state index in [1.165, 1.54) is 0 Å². The Hall–Kier alpha value is -1.33. The molecular formula is C14H21NO3S. The summed E-state index contributed by atoms with van der Waals surface area (Å²) in [5.41, 5.74) is 0.879. The summed E-state index contributed by atoms with van der Waals surface area (Å²) >= 11 is 0. The standard InChI is InChI=1S/C14H21NO3S/c1-3-9-15(10-11-16)13-5-7-14(8-6-13)19(17,18)12-4-2/h3,5-8,16H,1,4,9-12H2,2H3. The van der Waals surface area contributed by atoms with Crippen molar-refractivity contribution in [2.75, 3.05) is 30.3 Å². The highest BCUT2D eigenvalue weighted by Crippen LogP contribution is 2.19. The zero-order chi connectivity index (χ0) is 14.3. The maximum Gasteiger partial charge on any atom is 0.178 e. The molecule has 0 atom stereocenters. The molecule has 4 nitrogen and oxygen atoms in total. The largest absolute Gasteiger partial charge is 0.395 e. The van der Waals surface area contributed by atoms with Gasteiger partial charge in [-0.05, 0) is 30.7 Å². The second-order valence-corrected chi connectivity index (χ2v) is 6.38. The lowest BCUT2D eigenvalue weighted by Gasteiger charge is -2.22. The molecule has 0 saturated heterocycles. The van der Waals surface area contributed by atoms with Crippen LogP contribution >= 0.6 is 0 Å². The van der Waals surface area contributed by atoms with E-state index in [1.807, 2.05) is 11.8 Å². The van der Waals surface area contributed by atoms with Gasteiger partial charge >= 0.3 is 0 Å². The minimum Gasteiger partial charge on any atom is -0.395 e. The number of aliphatic hydroxyl groups excluding tert-OH is 1. The van der Waals surface area contributed by atoms with Crippen LogP contribution in [0.5, 0.6) is 0 Å². The number of hydrogen-bond acceptors (Lipinski definition) is 4. The molecule has 0 amide bonds.